The second-order valence-electron chi connectivity index (χ2n) is 7.06. The number of nitrogens with zero attached hydrogens (tertiary/aromatic N) is 1. The number of rotatable bonds is 9. The summed E-state index contributed by atoms with van der Waals surface area (Å²) in [6.45, 7) is 6.66. The standard InChI is InChI=1S/C25H28N2O3/c1-4-9-19-14-15-22(18(3)26-19)25(28)27-20-10-8-11-21(17-20)30-24-13-7-6-12-23(24)29-16-5-2/h6-8,10-15,17H,4-5,9,16H2,1-3H3,(H,27,28). The minimum Gasteiger partial charge on any atom is -0.490 e. The molecule has 0 radical (unpaired) electrons. The highest BCUT2D eigenvalue weighted by Crippen LogP contribution is 2.32. The second kappa shape index (κ2) is 10.4. The summed E-state index contributed by atoms with van der Waals surface area (Å²) in [6, 6.07) is 18.6. The molecule has 0 saturated heterocycles. The Morgan fingerprint density at radius 2 is 1.77 bits per heavy atom. The van der Waals surface area contributed by atoms with Crippen LogP contribution < -0.4 is 14.8 Å². The summed E-state index contributed by atoms with van der Waals surface area (Å²) < 4.78 is 11.8. The molecule has 5 heteroatoms. The van der Waals surface area contributed by atoms with Crippen molar-refractivity contribution in [1.82, 2.24) is 4.98 Å². The summed E-state index contributed by atoms with van der Waals surface area (Å²) in [5.74, 6) is 1.77. The van der Waals surface area contributed by atoms with E-state index in [2.05, 4.69) is 24.1 Å². The molecule has 3 aromatic rings. The summed E-state index contributed by atoms with van der Waals surface area (Å²) >= 11 is 0. The Balaban J connectivity index is 1.73. The van der Waals surface area contributed by atoms with Gasteiger partial charge in [-0.15, -0.1) is 0 Å². The van der Waals surface area contributed by atoms with Gasteiger partial charge >= 0.3 is 0 Å². The van der Waals surface area contributed by atoms with Crippen LogP contribution in [0.2, 0.25) is 0 Å². The number of aryl methyl sites for hydroxylation is 2. The van der Waals surface area contributed by atoms with Crippen molar-refractivity contribution in [2.24, 2.45) is 0 Å². The molecule has 0 fully saturated rings. The van der Waals surface area contributed by atoms with E-state index in [1.807, 2.05) is 61.5 Å². The van der Waals surface area contributed by atoms with Gasteiger partial charge in [-0.2, -0.15) is 0 Å². The Labute approximate surface area is 178 Å². The molecule has 5 nitrogen and oxygen atoms in total. The van der Waals surface area contributed by atoms with Gasteiger partial charge in [-0.05, 0) is 56.2 Å². The van der Waals surface area contributed by atoms with Crippen LogP contribution in [0.5, 0.6) is 17.2 Å². The Morgan fingerprint density at radius 1 is 0.967 bits per heavy atom. The molecule has 2 aromatic carbocycles. The van der Waals surface area contributed by atoms with E-state index in [9.17, 15) is 4.79 Å². The number of hydrogen-bond donors (Lipinski definition) is 1. The number of nitrogens with one attached hydrogen (secondary N) is 1. The monoisotopic (exact) mass is 404 g/mol. The van der Waals surface area contributed by atoms with E-state index in [0.29, 0.717) is 35.1 Å². The van der Waals surface area contributed by atoms with Crippen molar-refractivity contribution in [3.63, 3.8) is 0 Å². The van der Waals surface area contributed by atoms with Crippen LogP contribution in [-0.2, 0) is 6.42 Å². The molecule has 30 heavy (non-hydrogen) atoms. The van der Waals surface area contributed by atoms with Gasteiger partial charge in [-0.1, -0.05) is 38.5 Å². The fraction of sp³-hybridized carbons (Fsp3) is 0.280. The van der Waals surface area contributed by atoms with Gasteiger partial charge in [0.05, 0.1) is 17.9 Å². The highest BCUT2D eigenvalue weighted by Gasteiger charge is 2.12. The predicted molar refractivity (Wildman–Crippen MR) is 120 cm³/mol. The van der Waals surface area contributed by atoms with Crippen LogP contribution in [0.4, 0.5) is 5.69 Å². The molecule has 0 unspecified atom stereocenters. The second-order valence-corrected chi connectivity index (χ2v) is 7.06. The molecule has 1 heterocycles. The van der Waals surface area contributed by atoms with Crippen LogP contribution in [0, 0.1) is 6.92 Å². The molecule has 1 N–H and O–H groups in total. The summed E-state index contributed by atoms with van der Waals surface area (Å²) in [5, 5.41) is 2.94. The molecular formula is C25H28N2O3. The van der Waals surface area contributed by atoms with E-state index in [0.717, 1.165) is 30.7 Å². The van der Waals surface area contributed by atoms with Gasteiger partial charge in [-0.25, -0.2) is 0 Å². The van der Waals surface area contributed by atoms with Gasteiger partial charge in [0, 0.05) is 17.4 Å². The van der Waals surface area contributed by atoms with Crippen LogP contribution in [0.3, 0.4) is 0 Å². The highest BCUT2D eigenvalue weighted by atomic mass is 16.5. The number of carbonyl (C=O) groups is 1. The molecule has 0 aliphatic rings. The Morgan fingerprint density at radius 3 is 2.50 bits per heavy atom. The molecule has 156 valence electrons. The van der Waals surface area contributed by atoms with Crippen LogP contribution in [0.15, 0.2) is 60.7 Å². The van der Waals surface area contributed by atoms with Crippen molar-refractivity contribution in [3.05, 3.63) is 77.6 Å². The minimum atomic E-state index is -0.188. The molecule has 0 spiro atoms. The molecule has 0 aliphatic heterocycles. The average molecular weight is 405 g/mol. The molecule has 0 bridgehead atoms. The van der Waals surface area contributed by atoms with E-state index in [4.69, 9.17) is 9.47 Å². The Hall–Kier alpha value is -3.34. The number of pyridine rings is 1. The van der Waals surface area contributed by atoms with E-state index < -0.39 is 0 Å². The smallest absolute Gasteiger partial charge is 0.257 e. The van der Waals surface area contributed by atoms with Crippen LogP contribution in [0.25, 0.3) is 0 Å². The fourth-order valence-corrected chi connectivity index (χ4v) is 3.08. The van der Waals surface area contributed by atoms with Gasteiger partial charge in [0.25, 0.3) is 5.91 Å². The maximum atomic E-state index is 12.7. The zero-order valence-corrected chi connectivity index (χ0v) is 17.8. The zero-order valence-electron chi connectivity index (χ0n) is 17.8. The number of aromatic nitrogens is 1. The maximum absolute atomic E-state index is 12.7. The number of benzene rings is 2. The zero-order chi connectivity index (χ0) is 21.3. The maximum Gasteiger partial charge on any atom is 0.257 e. The number of ether oxygens (including phenoxy) is 2. The van der Waals surface area contributed by atoms with Crippen molar-refractivity contribution < 1.29 is 14.3 Å². The minimum absolute atomic E-state index is 0.188. The van der Waals surface area contributed by atoms with E-state index >= 15 is 0 Å². The lowest BCUT2D eigenvalue weighted by Crippen LogP contribution is -2.14. The number of hydrogen-bond acceptors (Lipinski definition) is 4. The first-order chi connectivity index (χ1) is 14.6. The summed E-state index contributed by atoms with van der Waals surface area (Å²) in [5.41, 5.74) is 2.96. The summed E-state index contributed by atoms with van der Waals surface area (Å²) in [4.78, 5) is 17.3. The van der Waals surface area contributed by atoms with Crippen molar-refractivity contribution in [3.8, 4) is 17.2 Å². The molecule has 0 saturated carbocycles. The average Bonchev–Trinajstić information content (AvgIpc) is 2.73. The SMILES string of the molecule is CCCOc1ccccc1Oc1cccc(NC(=O)c2ccc(CCC)nc2C)c1. The van der Waals surface area contributed by atoms with Gasteiger partial charge in [0.2, 0.25) is 0 Å². The van der Waals surface area contributed by atoms with Crippen LogP contribution in [-0.4, -0.2) is 17.5 Å². The third-order valence-corrected chi connectivity index (χ3v) is 4.52. The van der Waals surface area contributed by atoms with Crippen molar-refractivity contribution >= 4 is 11.6 Å². The first kappa shape index (κ1) is 21.4. The first-order valence-corrected chi connectivity index (χ1v) is 10.4. The molecule has 1 amide bonds. The number of amides is 1. The van der Waals surface area contributed by atoms with Gasteiger partial charge in [-0.3, -0.25) is 9.78 Å². The molecule has 0 atom stereocenters. The lowest BCUT2D eigenvalue weighted by molar-refractivity contribution is 0.102. The molecule has 1 aromatic heterocycles. The van der Waals surface area contributed by atoms with Gasteiger partial charge in [0.1, 0.15) is 5.75 Å². The van der Waals surface area contributed by atoms with E-state index in [1.165, 1.54) is 0 Å². The Kier molecular flexibility index (Phi) is 7.44. The topological polar surface area (TPSA) is 60.5 Å². The molecule has 0 aliphatic carbocycles. The summed E-state index contributed by atoms with van der Waals surface area (Å²) in [6.07, 6.45) is 2.85. The number of anilines is 1. The van der Waals surface area contributed by atoms with Crippen molar-refractivity contribution in [2.75, 3.05) is 11.9 Å². The van der Waals surface area contributed by atoms with Crippen molar-refractivity contribution in [2.45, 2.75) is 40.0 Å². The van der Waals surface area contributed by atoms with E-state index in [-0.39, 0.29) is 5.91 Å². The van der Waals surface area contributed by atoms with Crippen LogP contribution in [0.1, 0.15) is 48.4 Å². The largest absolute Gasteiger partial charge is 0.490 e. The van der Waals surface area contributed by atoms with E-state index in [1.54, 1.807) is 6.07 Å². The molecule has 3 rings (SSSR count). The van der Waals surface area contributed by atoms with Crippen LogP contribution >= 0.6 is 0 Å². The quantitative estimate of drug-likeness (QED) is 0.463. The fourth-order valence-electron chi connectivity index (χ4n) is 3.08. The van der Waals surface area contributed by atoms with Gasteiger partial charge in [0.15, 0.2) is 11.5 Å². The Bertz CT molecular complexity index is 1000. The summed E-state index contributed by atoms with van der Waals surface area (Å²) in [7, 11) is 0. The predicted octanol–water partition coefficient (Wildman–Crippen LogP) is 6.18. The third-order valence-electron chi connectivity index (χ3n) is 4.52. The normalized spacial score (nSPS) is 10.5. The van der Waals surface area contributed by atoms with Crippen molar-refractivity contribution in [1.29, 1.82) is 0 Å². The third kappa shape index (κ3) is 5.60. The first-order valence-electron chi connectivity index (χ1n) is 10.4. The number of carbonyl (C=O) groups excluding carboxylic acids is 1. The van der Waals surface area contributed by atoms with Gasteiger partial charge < -0.3 is 14.8 Å². The molecular weight excluding hydrogens is 376 g/mol. The number of para-hydroxylation sites is 2. The highest BCUT2D eigenvalue weighted by molar-refractivity contribution is 6.05. The lowest BCUT2D eigenvalue weighted by atomic mass is 10.1. The lowest BCUT2D eigenvalue weighted by Gasteiger charge is -2.13.